The smallest absolute Gasteiger partial charge is 0.330 e. The number of carbonyl (C=O) groups is 3. The van der Waals surface area contributed by atoms with Crippen molar-refractivity contribution < 1.29 is 14.4 Å². The van der Waals surface area contributed by atoms with E-state index in [1.54, 1.807) is 0 Å². The van der Waals surface area contributed by atoms with Gasteiger partial charge in [-0.1, -0.05) is 42.0 Å². The van der Waals surface area contributed by atoms with Crippen molar-refractivity contribution in [3.63, 3.8) is 0 Å². The molecule has 1 atom stereocenters. The summed E-state index contributed by atoms with van der Waals surface area (Å²) in [6, 6.07) is 11.5. The summed E-state index contributed by atoms with van der Waals surface area (Å²) in [6.07, 6.45) is 7.65. The van der Waals surface area contributed by atoms with Crippen LogP contribution in [0.5, 0.6) is 0 Å². The minimum absolute atomic E-state index is 0.259. The third kappa shape index (κ3) is 3.21. The van der Waals surface area contributed by atoms with Crippen LogP contribution in [0.4, 0.5) is 10.5 Å². The van der Waals surface area contributed by atoms with Gasteiger partial charge in [0.15, 0.2) is 0 Å². The number of amides is 4. The first-order valence-electron chi connectivity index (χ1n) is 11.1. The molecule has 2 heterocycles. The van der Waals surface area contributed by atoms with Gasteiger partial charge in [0.25, 0.3) is 0 Å². The molecular weight excluding hydrogens is 390 g/mol. The summed E-state index contributed by atoms with van der Waals surface area (Å²) in [7, 11) is 1.91. The van der Waals surface area contributed by atoms with Gasteiger partial charge in [0, 0.05) is 32.2 Å². The molecule has 1 aliphatic carbocycles. The van der Waals surface area contributed by atoms with Gasteiger partial charge in [0.2, 0.25) is 11.8 Å². The van der Waals surface area contributed by atoms with E-state index in [9.17, 15) is 14.4 Å². The Labute approximate surface area is 181 Å². The van der Waals surface area contributed by atoms with Crippen LogP contribution in [0.1, 0.15) is 37.7 Å². The van der Waals surface area contributed by atoms with Crippen molar-refractivity contribution in [2.24, 2.45) is 5.41 Å². The van der Waals surface area contributed by atoms with Crippen molar-refractivity contribution in [2.45, 2.75) is 38.5 Å². The minimum atomic E-state index is -1.29. The van der Waals surface area contributed by atoms with E-state index in [4.69, 9.17) is 0 Å². The molecule has 31 heavy (non-hydrogen) atoms. The normalized spacial score (nSPS) is 23.8. The maximum atomic E-state index is 13.7. The Hall–Kier alpha value is -3.15. The zero-order valence-corrected chi connectivity index (χ0v) is 17.8. The molecule has 6 heteroatoms. The van der Waals surface area contributed by atoms with Crippen molar-refractivity contribution in [1.82, 2.24) is 10.2 Å². The van der Waals surface area contributed by atoms with E-state index in [0.717, 1.165) is 41.3 Å². The van der Waals surface area contributed by atoms with Crippen LogP contribution in [-0.2, 0) is 16.0 Å². The van der Waals surface area contributed by atoms with Crippen molar-refractivity contribution in [1.29, 1.82) is 0 Å². The highest BCUT2D eigenvalue weighted by molar-refractivity contribution is 6.20. The van der Waals surface area contributed by atoms with E-state index in [-0.39, 0.29) is 12.5 Å². The molecule has 160 valence electrons. The summed E-state index contributed by atoms with van der Waals surface area (Å²) in [6.45, 7) is 0.577. The lowest BCUT2D eigenvalue weighted by Crippen LogP contribution is -2.68. The van der Waals surface area contributed by atoms with Crippen LogP contribution in [0, 0.1) is 5.41 Å². The molecule has 0 aromatic heterocycles. The number of anilines is 1. The van der Waals surface area contributed by atoms with Crippen LogP contribution in [0.3, 0.4) is 0 Å². The second kappa shape index (κ2) is 7.52. The van der Waals surface area contributed by atoms with Crippen LogP contribution in [-0.4, -0.2) is 42.9 Å². The fraction of sp³-hybridized carbons (Fsp3) is 0.400. The van der Waals surface area contributed by atoms with Gasteiger partial charge >= 0.3 is 6.03 Å². The molecule has 1 N–H and O–H groups in total. The number of barbiturate groups is 1. The zero-order valence-electron chi connectivity index (χ0n) is 17.8. The first-order valence-corrected chi connectivity index (χ1v) is 11.1. The summed E-state index contributed by atoms with van der Waals surface area (Å²) in [4.78, 5) is 42.6. The Morgan fingerprint density at radius 2 is 1.90 bits per heavy atom. The lowest BCUT2D eigenvalue weighted by Gasteiger charge is -2.45. The number of rotatable bonds is 3. The molecule has 0 saturated carbocycles. The molecule has 1 unspecified atom stereocenters. The van der Waals surface area contributed by atoms with E-state index >= 15 is 0 Å². The van der Waals surface area contributed by atoms with Gasteiger partial charge in [-0.2, -0.15) is 0 Å². The Morgan fingerprint density at radius 1 is 1.06 bits per heavy atom. The quantitative estimate of drug-likeness (QED) is 0.609. The lowest BCUT2D eigenvalue weighted by atomic mass is 9.73. The molecule has 3 aliphatic rings. The molecule has 1 saturated heterocycles. The zero-order chi connectivity index (χ0) is 21.6. The number of nitrogens with zero attached hydrogens (tertiary/aromatic N) is 2. The summed E-state index contributed by atoms with van der Waals surface area (Å²) in [5.74, 6) is -0.857. The molecule has 2 aliphatic heterocycles. The SMILES string of the molecule is CN1CC2(Cc3c1ccc1ccccc31)C(=O)NC(=O)N(CCC1=CCCCC1)C2=O. The highest BCUT2D eigenvalue weighted by atomic mass is 16.2. The third-order valence-electron chi connectivity index (χ3n) is 7.01. The Balaban J connectivity index is 1.50. The van der Waals surface area contributed by atoms with Gasteiger partial charge in [0.05, 0.1) is 0 Å². The highest BCUT2D eigenvalue weighted by Crippen LogP contribution is 2.42. The summed E-state index contributed by atoms with van der Waals surface area (Å²) in [5, 5.41) is 4.61. The number of fused-ring (bicyclic) bond motifs is 3. The van der Waals surface area contributed by atoms with Crippen LogP contribution in [0.2, 0.25) is 0 Å². The van der Waals surface area contributed by atoms with Gasteiger partial charge in [-0.3, -0.25) is 19.8 Å². The van der Waals surface area contributed by atoms with Crippen LogP contribution in [0.15, 0.2) is 48.0 Å². The van der Waals surface area contributed by atoms with Gasteiger partial charge in [-0.25, -0.2) is 4.79 Å². The van der Waals surface area contributed by atoms with E-state index in [1.165, 1.54) is 16.9 Å². The maximum Gasteiger partial charge on any atom is 0.330 e. The standard InChI is InChI=1S/C25H27N3O3/c1-27-16-25(15-20-19-10-6-5-9-18(19)11-12-21(20)27)22(29)26-24(31)28(23(25)30)14-13-17-7-3-2-4-8-17/h5-7,9-12H,2-4,8,13-16H2,1H3,(H,26,29,31). The van der Waals surface area contributed by atoms with E-state index in [2.05, 4.69) is 17.5 Å². The van der Waals surface area contributed by atoms with E-state index < -0.39 is 17.4 Å². The van der Waals surface area contributed by atoms with Crippen molar-refractivity contribution in [3.05, 3.63) is 53.6 Å². The molecule has 1 spiro atoms. The summed E-state index contributed by atoms with van der Waals surface area (Å²) < 4.78 is 0. The molecule has 0 bridgehead atoms. The molecule has 4 amide bonds. The molecular formula is C25H27N3O3. The predicted octanol–water partition coefficient (Wildman–Crippen LogP) is 3.79. The summed E-state index contributed by atoms with van der Waals surface area (Å²) in [5.41, 5.74) is 2.02. The van der Waals surface area contributed by atoms with E-state index in [0.29, 0.717) is 19.4 Å². The largest absolute Gasteiger partial charge is 0.373 e. The number of urea groups is 1. The molecule has 1 fully saturated rings. The highest BCUT2D eigenvalue weighted by Gasteiger charge is 2.56. The number of imide groups is 2. The molecule has 6 nitrogen and oxygen atoms in total. The molecule has 2 aromatic rings. The van der Waals surface area contributed by atoms with Crippen molar-refractivity contribution >= 4 is 34.3 Å². The monoisotopic (exact) mass is 417 g/mol. The van der Waals surface area contributed by atoms with Gasteiger partial charge < -0.3 is 4.90 Å². The maximum absolute atomic E-state index is 13.7. The van der Waals surface area contributed by atoms with Crippen molar-refractivity contribution in [2.75, 3.05) is 25.0 Å². The number of hydrogen-bond acceptors (Lipinski definition) is 4. The van der Waals surface area contributed by atoms with Crippen molar-refractivity contribution in [3.8, 4) is 0 Å². The van der Waals surface area contributed by atoms with E-state index in [1.807, 2.05) is 42.3 Å². The second-order valence-electron chi connectivity index (χ2n) is 8.97. The fourth-order valence-corrected chi connectivity index (χ4v) is 5.33. The van der Waals surface area contributed by atoms with Gasteiger partial charge in [0.1, 0.15) is 5.41 Å². The van der Waals surface area contributed by atoms with Crippen LogP contribution >= 0.6 is 0 Å². The van der Waals surface area contributed by atoms with Crippen LogP contribution in [0.25, 0.3) is 10.8 Å². The Kier molecular flexibility index (Phi) is 4.80. The van der Waals surface area contributed by atoms with Gasteiger partial charge in [-0.15, -0.1) is 0 Å². The first-order chi connectivity index (χ1) is 15.0. The Bertz CT molecular complexity index is 1120. The third-order valence-corrected chi connectivity index (χ3v) is 7.01. The second-order valence-corrected chi connectivity index (χ2v) is 8.97. The lowest BCUT2D eigenvalue weighted by molar-refractivity contribution is -0.151. The minimum Gasteiger partial charge on any atom is -0.373 e. The fourth-order valence-electron chi connectivity index (χ4n) is 5.33. The average molecular weight is 418 g/mol. The van der Waals surface area contributed by atoms with Crippen LogP contribution < -0.4 is 10.2 Å². The predicted molar refractivity (Wildman–Crippen MR) is 120 cm³/mol. The molecule has 5 rings (SSSR count). The Morgan fingerprint density at radius 3 is 2.71 bits per heavy atom. The molecule has 2 aromatic carbocycles. The average Bonchev–Trinajstić information content (AvgIpc) is 2.78. The summed E-state index contributed by atoms with van der Waals surface area (Å²) >= 11 is 0. The topological polar surface area (TPSA) is 69.7 Å². The van der Waals surface area contributed by atoms with Gasteiger partial charge in [-0.05, 0) is 54.5 Å². The molecule has 0 radical (unpaired) electrons. The number of nitrogens with one attached hydrogen (secondary N) is 1. The number of allylic oxidation sites excluding steroid dienone is 1. The number of benzene rings is 2. The first kappa shape index (κ1) is 19.8. The number of carbonyl (C=O) groups excluding carboxylic acids is 3. The number of hydrogen-bond donors (Lipinski definition) is 1.